The van der Waals surface area contributed by atoms with E-state index in [-0.39, 0.29) is 30.2 Å². The minimum absolute atomic E-state index is 0.0990. The van der Waals surface area contributed by atoms with Gasteiger partial charge in [-0.05, 0) is 28.1 Å². The summed E-state index contributed by atoms with van der Waals surface area (Å²) in [7, 11) is 2.91. The van der Waals surface area contributed by atoms with E-state index in [1.165, 1.54) is 29.5 Å². The summed E-state index contributed by atoms with van der Waals surface area (Å²) in [6, 6.07) is 3.48. The molecule has 126 valence electrons. The molecule has 3 heterocycles. The Morgan fingerprint density at radius 2 is 2.08 bits per heavy atom. The van der Waals surface area contributed by atoms with Crippen molar-refractivity contribution in [3.63, 3.8) is 0 Å². The van der Waals surface area contributed by atoms with Crippen molar-refractivity contribution >= 4 is 33.0 Å². The van der Waals surface area contributed by atoms with Crippen LogP contribution in [0.1, 0.15) is 5.76 Å². The summed E-state index contributed by atoms with van der Waals surface area (Å²) in [5.74, 6) is 0.318. The summed E-state index contributed by atoms with van der Waals surface area (Å²) in [5, 5.41) is 2.70. The lowest BCUT2D eigenvalue weighted by Crippen LogP contribution is -2.38. The van der Waals surface area contributed by atoms with Gasteiger partial charge in [-0.25, -0.2) is 9.78 Å². The van der Waals surface area contributed by atoms with Crippen LogP contribution in [0.2, 0.25) is 0 Å². The number of hydrogen-bond acceptors (Lipinski definition) is 5. The molecule has 0 fully saturated rings. The first-order chi connectivity index (χ1) is 11.4. The third-order valence-corrected chi connectivity index (χ3v) is 4.24. The third kappa shape index (κ3) is 2.68. The van der Waals surface area contributed by atoms with Crippen LogP contribution in [0.5, 0.6) is 0 Å². The first-order valence-corrected chi connectivity index (χ1v) is 7.80. The molecule has 3 aromatic rings. The van der Waals surface area contributed by atoms with Gasteiger partial charge in [0.1, 0.15) is 12.3 Å². The maximum atomic E-state index is 12.2. The van der Waals surface area contributed by atoms with Crippen LogP contribution in [0, 0.1) is 0 Å². The van der Waals surface area contributed by atoms with E-state index in [1.54, 1.807) is 12.1 Å². The molecule has 24 heavy (non-hydrogen) atoms. The second-order valence-corrected chi connectivity index (χ2v) is 5.91. The van der Waals surface area contributed by atoms with Crippen LogP contribution in [-0.4, -0.2) is 24.6 Å². The number of fused-ring (bicyclic) bond motifs is 1. The van der Waals surface area contributed by atoms with Crippen molar-refractivity contribution in [2.45, 2.75) is 13.1 Å². The highest BCUT2D eigenvalue weighted by Gasteiger charge is 2.19. The summed E-state index contributed by atoms with van der Waals surface area (Å²) in [6.45, 7) is 0.148. The molecule has 1 amide bonds. The van der Waals surface area contributed by atoms with Crippen LogP contribution in [-0.2, 0) is 32.0 Å². The fraction of sp³-hybridized carbons (Fsp3) is 0.286. The second kappa shape index (κ2) is 6.11. The van der Waals surface area contributed by atoms with Gasteiger partial charge < -0.3 is 9.73 Å². The zero-order valence-corrected chi connectivity index (χ0v) is 14.5. The molecule has 0 aromatic carbocycles. The number of aromatic nitrogens is 4. The summed E-state index contributed by atoms with van der Waals surface area (Å²) in [4.78, 5) is 40.5. The summed E-state index contributed by atoms with van der Waals surface area (Å²) < 4.78 is 9.17. The molecule has 3 aromatic heterocycles. The van der Waals surface area contributed by atoms with Crippen LogP contribution in [0.3, 0.4) is 0 Å². The lowest BCUT2D eigenvalue weighted by atomic mass is 10.4. The zero-order valence-electron chi connectivity index (χ0n) is 12.9. The highest BCUT2D eigenvalue weighted by atomic mass is 79.9. The SMILES string of the molecule is Cn1c(=O)c2nc(Br)n(CC(=O)NCc3ccco3)c2n(C)c1=O. The molecule has 0 saturated carbocycles. The van der Waals surface area contributed by atoms with Crippen molar-refractivity contribution in [1.29, 1.82) is 0 Å². The number of amides is 1. The van der Waals surface area contributed by atoms with Crippen molar-refractivity contribution < 1.29 is 9.21 Å². The number of halogens is 1. The highest BCUT2D eigenvalue weighted by Crippen LogP contribution is 2.16. The molecule has 0 radical (unpaired) electrons. The standard InChI is InChI=1S/C14H14BrN5O4/c1-18-11-10(12(22)19(2)14(18)23)17-13(15)20(11)7-9(21)16-6-8-4-3-5-24-8/h3-5H,6-7H2,1-2H3,(H,16,21). The molecular weight excluding hydrogens is 382 g/mol. The van der Waals surface area contributed by atoms with Crippen molar-refractivity contribution in [1.82, 2.24) is 24.0 Å². The van der Waals surface area contributed by atoms with Crippen molar-refractivity contribution in [2.75, 3.05) is 0 Å². The van der Waals surface area contributed by atoms with Gasteiger partial charge >= 0.3 is 5.69 Å². The Kier molecular flexibility index (Phi) is 4.14. The lowest BCUT2D eigenvalue weighted by molar-refractivity contribution is -0.121. The Balaban J connectivity index is 1.95. The molecule has 10 heteroatoms. The average Bonchev–Trinajstić information content (AvgIpc) is 3.18. The highest BCUT2D eigenvalue weighted by molar-refractivity contribution is 9.10. The number of aryl methyl sites for hydroxylation is 1. The van der Waals surface area contributed by atoms with E-state index in [4.69, 9.17) is 4.42 Å². The van der Waals surface area contributed by atoms with Crippen LogP contribution < -0.4 is 16.6 Å². The first kappa shape index (κ1) is 16.2. The summed E-state index contributed by atoms with van der Waals surface area (Å²) in [6.07, 6.45) is 1.52. The van der Waals surface area contributed by atoms with E-state index in [2.05, 4.69) is 26.2 Å². The summed E-state index contributed by atoms with van der Waals surface area (Å²) >= 11 is 3.24. The number of rotatable bonds is 4. The number of carbonyl (C=O) groups excluding carboxylic acids is 1. The average molecular weight is 396 g/mol. The van der Waals surface area contributed by atoms with Gasteiger partial charge in [0.15, 0.2) is 15.9 Å². The fourth-order valence-electron chi connectivity index (χ4n) is 2.40. The Morgan fingerprint density at radius 3 is 2.75 bits per heavy atom. The maximum Gasteiger partial charge on any atom is 0.332 e. The van der Waals surface area contributed by atoms with Crippen LogP contribution in [0.4, 0.5) is 0 Å². The minimum Gasteiger partial charge on any atom is -0.467 e. The van der Waals surface area contributed by atoms with Crippen molar-refractivity contribution in [2.24, 2.45) is 14.1 Å². The molecule has 1 N–H and O–H groups in total. The van der Waals surface area contributed by atoms with Gasteiger partial charge in [0.25, 0.3) is 5.56 Å². The first-order valence-electron chi connectivity index (χ1n) is 7.01. The van der Waals surface area contributed by atoms with Gasteiger partial charge in [0.2, 0.25) is 5.91 Å². The van der Waals surface area contributed by atoms with Gasteiger partial charge in [-0.2, -0.15) is 0 Å². The molecule has 0 aliphatic heterocycles. The monoisotopic (exact) mass is 395 g/mol. The second-order valence-electron chi connectivity index (χ2n) is 5.20. The third-order valence-electron chi connectivity index (χ3n) is 3.63. The van der Waals surface area contributed by atoms with Crippen LogP contribution >= 0.6 is 15.9 Å². The minimum atomic E-state index is -0.511. The van der Waals surface area contributed by atoms with Gasteiger partial charge in [0, 0.05) is 14.1 Å². The molecule has 0 saturated heterocycles. The van der Waals surface area contributed by atoms with E-state index in [0.29, 0.717) is 10.5 Å². The molecule has 0 aliphatic rings. The number of nitrogens with zero attached hydrogens (tertiary/aromatic N) is 4. The fourth-order valence-corrected chi connectivity index (χ4v) is 2.87. The molecule has 0 atom stereocenters. The smallest absolute Gasteiger partial charge is 0.332 e. The Morgan fingerprint density at radius 1 is 1.33 bits per heavy atom. The normalized spacial score (nSPS) is 11.1. The number of imidazole rings is 1. The number of furan rings is 1. The molecule has 0 spiro atoms. The molecular formula is C14H14BrN5O4. The predicted molar refractivity (Wildman–Crippen MR) is 88.5 cm³/mol. The molecule has 0 aliphatic carbocycles. The predicted octanol–water partition coefficient (Wildman–Crippen LogP) is 0.106. The van der Waals surface area contributed by atoms with Crippen LogP contribution in [0.15, 0.2) is 37.1 Å². The van der Waals surface area contributed by atoms with Crippen molar-refractivity contribution in [3.8, 4) is 0 Å². The Bertz CT molecular complexity index is 1030. The lowest BCUT2D eigenvalue weighted by Gasteiger charge is -2.09. The van der Waals surface area contributed by atoms with Gasteiger partial charge in [-0.1, -0.05) is 0 Å². The van der Waals surface area contributed by atoms with E-state index >= 15 is 0 Å². The molecule has 0 unspecified atom stereocenters. The van der Waals surface area contributed by atoms with E-state index in [0.717, 1.165) is 4.57 Å². The Labute approximate surface area is 143 Å². The maximum absolute atomic E-state index is 12.2. The van der Waals surface area contributed by atoms with E-state index in [1.807, 2.05) is 0 Å². The Hall–Kier alpha value is -2.62. The number of hydrogen-bond donors (Lipinski definition) is 1. The molecule has 3 rings (SSSR count). The number of carbonyl (C=O) groups is 1. The van der Waals surface area contributed by atoms with Crippen molar-refractivity contribution in [3.05, 3.63) is 49.7 Å². The molecule has 0 bridgehead atoms. The largest absolute Gasteiger partial charge is 0.467 e. The van der Waals surface area contributed by atoms with E-state index in [9.17, 15) is 14.4 Å². The summed E-state index contributed by atoms with van der Waals surface area (Å²) in [5.41, 5.74) is -0.603. The van der Waals surface area contributed by atoms with Gasteiger partial charge in [0.05, 0.1) is 12.8 Å². The quantitative estimate of drug-likeness (QED) is 0.631. The molecule has 9 nitrogen and oxygen atoms in total. The number of nitrogens with one attached hydrogen (secondary N) is 1. The van der Waals surface area contributed by atoms with Gasteiger partial charge in [-0.15, -0.1) is 0 Å². The zero-order chi connectivity index (χ0) is 17.4. The van der Waals surface area contributed by atoms with E-state index < -0.39 is 11.2 Å². The topological polar surface area (TPSA) is 104 Å². The van der Waals surface area contributed by atoms with Gasteiger partial charge in [-0.3, -0.25) is 23.3 Å². The van der Waals surface area contributed by atoms with Crippen LogP contribution in [0.25, 0.3) is 11.2 Å².